The fourth-order valence-corrected chi connectivity index (χ4v) is 4.29. The second-order valence-electron chi connectivity index (χ2n) is 6.12. The molecule has 1 aliphatic heterocycles. The highest BCUT2D eigenvalue weighted by Crippen LogP contribution is 2.30. The minimum absolute atomic E-state index is 0.000352. The first kappa shape index (κ1) is 16.7. The second-order valence-corrected chi connectivity index (χ2v) is 8.77. The van der Waals surface area contributed by atoms with Gasteiger partial charge in [-0.15, -0.1) is 0 Å². The summed E-state index contributed by atoms with van der Waals surface area (Å²) in [7, 11) is -1.49. The quantitative estimate of drug-likeness (QED) is 0.789. The monoisotopic (exact) mass is 375 g/mol. The summed E-state index contributed by atoms with van der Waals surface area (Å²) in [4.78, 5) is 2.40. The molecular formula is C14H22BrN3O2S. The van der Waals surface area contributed by atoms with Gasteiger partial charge in [-0.05, 0) is 56.6 Å². The van der Waals surface area contributed by atoms with Crippen molar-refractivity contribution in [3.63, 3.8) is 0 Å². The van der Waals surface area contributed by atoms with Crippen molar-refractivity contribution in [2.24, 2.45) is 5.41 Å². The second kappa shape index (κ2) is 6.24. The van der Waals surface area contributed by atoms with E-state index in [1.807, 2.05) is 0 Å². The highest BCUT2D eigenvalue weighted by molar-refractivity contribution is 9.10. The van der Waals surface area contributed by atoms with Gasteiger partial charge in [0.05, 0.1) is 5.69 Å². The lowest BCUT2D eigenvalue weighted by molar-refractivity contribution is 0.143. The van der Waals surface area contributed by atoms with Gasteiger partial charge in [0.15, 0.2) is 0 Å². The molecule has 1 fully saturated rings. The van der Waals surface area contributed by atoms with Crippen LogP contribution < -0.4 is 10.5 Å². The molecule has 0 aliphatic carbocycles. The third kappa shape index (κ3) is 4.18. The summed E-state index contributed by atoms with van der Waals surface area (Å²) in [6, 6.07) is 4.86. The SMILES string of the molecule is CN1CCC(C)(CNS(=O)(=O)c2cc(Br)ccc2N)CC1. The molecule has 0 bridgehead atoms. The molecule has 1 aliphatic rings. The van der Waals surface area contributed by atoms with Crippen LogP contribution in [-0.4, -0.2) is 40.0 Å². The van der Waals surface area contributed by atoms with E-state index in [4.69, 9.17) is 5.73 Å². The van der Waals surface area contributed by atoms with Crippen molar-refractivity contribution in [1.82, 2.24) is 9.62 Å². The van der Waals surface area contributed by atoms with Crippen LogP contribution >= 0.6 is 15.9 Å². The van der Waals surface area contributed by atoms with Crippen LogP contribution in [0.4, 0.5) is 5.69 Å². The fraction of sp³-hybridized carbons (Fsp3) is 0.571. The Morgan fingerprint density at radius 1 is 1.38 bits per heavy atom. The van der Waals surface area contributed by atoms with E-state index in [0.29, 0.717) is 11.0 Å². The normalized spacial score (nSPS) is 19.6. The van der Waals surface area contributed by atoms with Crippen molar-refractivity contribution in [2.45, 2.75) is 24.7 Å². The van der Waals surface area contributed by atoms with Crippen LogP contribution in [0.15, 0.2) is 27.6 Å². The topological polar surface area (TPSA) is 75.4 Å². The van der Waals surface area contributed by atoms with Crippen molar-refractivity contribution in [2.75, 3.05) is 32.4 Å². The maximum absolute atomic E-state index is 12.4. The Bertz CT molecular complexity index is 611. The first-order valence-electron chi connectivity index (χ1n) is 6.95. The lowest BCUT2D eigenvalue weighted by Gasteiger charge is -2.37. The largest absolute Gasteiger partial charge is 0.398 e. The van der Waals surface area contributed by atoms with Gasteiger partial charge >= 0.3 is 0 Å². The van der Waals surface area contributed by atoms with Crippen LogP contribution in [0.25, 0.3) is 0 Å². The molecule has 0 spiro atoms. The third-order valence-electron chi connectivity index (χ3n) is 4.15. The van der Waals surface area contributed by atoms with E-state index < -0.39 is 10.0 Å². The Hall–Kier alpha value is -0.630. The number of likely N-dealkylation sites (tertiary alicyclic amines) is 1. The van der Waals surface area contributed by atoms with Gasteiger partial charge in [-0.25, -0.2) is 13.1 Å². The van der Waals surface area contributed by atoms with E-state index in [1.165, 1.54) is 6.07 Å². The molecule has 0 atom stereocenters. The molecule has 0 amide bonds. The van der Waals surface area contributed by atoms with Crippen molar-refractivity contribution in [3.05, 3.63) is 22.7 Å². The standard InChI is InChI=1S/C14H22BrN3O2S/c1-14(5-7-18(2)8-6-14)10-17-21(19,20)13-9-11(15)3-4-12(13)16/h3-4,9,17H,5-8,10,16H2,1-2H3. The number of halogens is 1. The van der Waals surface area contributed by atoms with Crippen LogP contribution in [0.2, 0.25) is 0 Å². The molecule has 21 heavy (non-hydrogen) atoms. The van der Waals surface area contributed by atoms with Crippen LogP contribution in [0.3, 0.4) is 0 Å². The summed E-state index contributed by atoms with van der Waals surface area (Å²) in [5.41, 5.74) is 6.05. The van der Waals surface area contributed by atoms with Crippen LogP contribution in [0.1, 0.15) is 19.8 Å². The third-order valence-corrected chi connectivity index (χ3v) is 6.10. The number of hydrogen-bond acceptors (Lipinski definition) is 4. The molecule has 7 heteroatoms. The Kier molecular flexibility index (Phi) is 4.97. The number of piperidine rings is 1. The Labute approximate surface area is 135 Å². The molecule has 0 radical (unpaired) electrons. The van der Waals surface area contributed by atoms with E-state index >= 15 is 0 Å². The van der Waals surface area contributed by atoms with Crippen LogP contribution in [-0.2, 0) is 10.0 Å². The molecule has 0 saturated carbocycles. The summed E-state index contributed by atoms with van der Waals surface area (Å²) in [5, 5.41) is 0. The summed E-state index contributed by atoms with van der Waals surface area (Å²) >= 11 is 3.28. The van der Waals surface area contributed by atoms with Gasteiger partial charge in [0.2, 0.25) is 10.0 Å². The van der Waals surface area contributed by atoms with Gasteiger partial charge in [-0.1, -0.05) is 22.9 Å². The zero-order valence-corrected chi connectivity index (χ0v) is 14.8. The van der Waals surface area contributed by atoms with Gasteiger partial charge in [-0.2, -0.15) is 0 Å². The number of hydrogen-bond donors (Lipinski definition) is 2. The number of sulfonamides is 1. The number of nitrogens with zero attached hydrogens (tertiary/aromatic N) is 1. The average Bonchev–Trinajstić information content (AvgIpc) is 2.43. The molecule has 0 aromatic heterocycles. The Morgan fingerprint density at radius 2 is 2.00 bits per heavy atom. The molecular weight excluding hydrogens is 354 g/mol. The highest BCUT2D eigenvalue weighted by atomic mass is 79.9. The highest BCUT2D eigenvalue weighted by Gasteiger charge is 2.30. The molecule has 2 rings (SSSR count). The lowest BCUT2D eigenvalue weighted by atomic mass is 9.81. The number of anilines is 1. The summed E-state index contributed by atoms with van der Waals surface area (Å²) < 4.78 is 28.3. The Balaban J connectivity index is 2.09. The van der Waals surface area contributed by atoms with E-state index in [2.05, 4.69) is 39.5 Å². The minimum Gasteiger partial charge on any atom is -0.398 e. The van der Waals surface area contributed by atoms with E-state index in [9.17, 15) is 8.42 Å². The predicted octanol–water partition coefficient (Wildman–Crippen LogP) is 2.04. The minimum atomic E-state index is -3.58. The molecule has 1 saturated heterocycles. The first-order chi connectivity index (χ1) is 9.72. The van der Waals surface area contributed by atoms with E-state index in [0.717, 1.165) is 25.9 Å². The van der Waals surface area contributed by atoms with Crippen molar-refractivity contribution >= 4 is 31.6 Å². The molecule has 1 aromatic rings. The fourth-order valence-electron chi connectivity index (χ4n) is 2.42. The summed E-state index contributed by atoms with van der Waals surface area (Å²) in [6.45, 7) is 4.57. The molecule has 1 aromatic carbocycles. The van der Waals surface area contributed by atoms with Gasteiger partial charge in [0, 0.05) is 11.0 Å². The molecule has 3 N–H and O–H groups in total. The molecule has 1 heterocycles. The van der Waals surface area contributed by atoms with Gasteiger partial charge in [-0.3, -0.25) is 0 Å². The van der Waals surface area contributed by atoms with E-state index in [-0.39, 0.29) is 16.0 Å². The number of nitrogens with two attached hydrogens (primary N) is 1. The van der Waals surface area contributed by atoms with Crippen LogP contribution in [0.5, 0.6) is 0 Å². The van der Waals surface area contributed by atoms with Crippen LogP contribution in [0, 0.1) is 5.41 Å². The zero-order chi connectivity index (χ0) is 15.7. The van der Waals surface area contributed by atoms with E-state index in [1.54, 1.807) is 12.1 Å². The summed E-state index contributed by atoms with van der Waals surface area (Å²) in [5.74, 6) is 0. The zero-order valence-electron chi connectivity index (χ0n) is 12.4. The number of benzene rings is 1. The maximum Gasteiger partial charge on any atom is 0.242 e. The average molecular weight is 376 g/mol. The summed E-state index contributed by atoms with van der Waals surface area (Å²) in [6.07, 6.45) is 1.97. The predicted molar refractivity (Wildman–Crippen MR) is 88.6 cm³/mol. The smallest absolute Gasteiger partial charge is 0.242 e. The molecule has 5 nitrogen and oxygen atoms in total. The van der Waals surface area contributed by atoms with Gasteiger partial charge in [0.1, 0.15) is 4.90 Å². The maximum atomic E-state index is 12.4. The van der Waals surface area contributed by atoms with Crippen molar-refractivity contribution in [1.29, 1.82) is 0 Å². The number of rotatable bonds is 4. The number of nitrogens with one attached hydrogen (secondary N) is 1. The van der Waals surface area contributed by atoms with Gasteiger partial charge in [0.25, 0.3) is 0 Å². The molecule has 0 unspecified atom stereocenters. The van der Waals surface area contributed by atoms with Gasteiger partial charge < -0.3 is 10.6 Å². The number of nitrogen functional groups attached to an aromatic ring is 1. The first-order valence-corrected chi connectivity index (χ1v) is 9.23. The van der Waals surface area contributed by atoms with Crippen molar-refractivity contribution < 1.29 is 8.42 Å². The molecule has 118 valence electrons. The van der Waals surface area contributed by atoms with Crippen molar-refractivity contribution in [3.8, 4) is 0 Å². The Morgan fingerprint density at radius 3 is 2.62 bits per heavy atom. The lowest BCUT2D eigenvalue weighted by Crippen LogP contribution is -2.43.